The first-order valence-electron chi connectivity index (χ1n) is 11.9. The van der Waals surface area contributed by atoms with E-state index in [4.69, 9.17) is 14.6 Å². The minimum Gasteiger partial charge on any atom is -0.497 e. The first kappa shape index (κ1) is 31.5. The Hall–Kier alpha value is -3.71. The Morgan fingerprint density at radius 2 is 1.67 bits per heavy atom. The van der Waals surface area contributed by atoms with Crippen LogP contribution in [0.2, 0.25) is 0 Å². The van der Waals surface area contributed by atoms with Gasteiger partial charge < -0.3 is 19.6 Å². The number of rotatable bonds is 12. The van der Waals surface area contributed by atoms with Crippen LogP contribution in [0.25, 0.3) is 11.3 Å². The second-order valence-corrected chi connectivity index (χ2v) is 10.2. The van der Waals surface area contributed by atoms with Crippen LogP contribution >= 0.6 is 0 Å². The van der Waals surface area contributed by atoms with E-state index in [0.29, 0.717) is 24.4 Å². The molecule has 13 heteroatoms. The number of ketones is 1. The Kier molecular flexibility index (Phi) is 11.7. The van der Waals surface area contributed by atoms with Gasteiger partial charge in [0, 0.05) is 6.42 Å². The van der Waals surface area contributed by atoms with Crippen molar-refractivity contribution in [1.82, 2.24) is 14.7 Å². The number of halogens is 3. The van der Waals surface area contributed by atoms with Crippen molar-refractivity contribution in [2.24, 2.45) is 0 Å². The lowest BCUT2D eigenvalue weighted by Crippen LogP contribution is -2.29. The van der Waals surface area contributed by atoms with E-state index in [1.165, 1.54) is 19.2 Å². The van der Waals surface area contributed by atoms with Gasteiger partial charge in [-0.05, 0) is 49.6 Å². The Balaban J connectivity index is 0.000000673. The van der Waals surface area contributed by atoms with Gasteiger partial charge in [0.1, 0.15) is 17.4 Å². The lowest BCUT2D eigenvalue weighted by atomic mass is 10.1. The molecule has 0 saturated carbocycles. The third-order valence-electron chi connectivity index (χ3n) is 5.44. The van der Waals surface area contributed by atoms with Gasteiger partial charge >= 0.3 is 12.1 Å². The molecule has 3 N–H and O–H groups in total. The predicted octanol–water partition coefficient (Wildman–Crippen LogP) is 5.28. The minimum absolute atomic E-state index is 0.162. The summed E-state index contributed by atoms with van der Waals surface area (Å²) in [6.45, 7) is 1.58. The molecule has 0 aliphatic rings. The van der Waals surface area contributed by atoms with Crippen molar-refractivity contribution in [3.05, 3.63) is 66.6 Å². The maximum Gasteiger partial charge on any atom is 0.490 e. The number of carbonyl (C=O) groups is 2. The van der Waals surface area contributed by atoms with E-state index in [-0.39, 0.29) is 10.7 Å². The number of unbranched alkanes of at least 4 members (excludes halogenated alkanes) is 2. The number of H-pyrrole nitrogens is 1. The van der Waals surface area contributed by atoms with Crippen LogP contribution in [0.3, 0.4) is 0 Å². The fourth-order valence-corrected chi connectivity index (χ4v) is 4.67. The SMILES string of the molecule is COc1ccc(S(=O)(=O)N[C@@H](CCCCCC(C)=O)c2ncc(-c3ccccc3)[nH]2)cc1.O=C(O)C(F)(F)F. The number of Topliss-reactive ketones (excluding diaryl/α,β-unsaturated/α-hetero) is 1. The Morgan fingerprint density at radius 3 is 2.21 bits per heavy atom. The van der Waals surface area contributed by atoms with Gasteiger partial charge in [-0.1, -0.05) is 43.2 Å². The van der Waals surface area contributed by atoms with Crippen LogP contribution in [0, 0.1) is 0 Å². The summed E-state index contributed by atoms with van der Waals surface area (Å²) < 4.78 is 65.7. The second kappa shape index (κ2) is 14.4. The van der Waals surface area contributed by atoms with Crippen LogP contribution in [0.1, 0.15) is 50.9 Å². The molecule has 0 aliphatic carbocycles. The van der Waals surface area contributed by atoms with Gasteiger partial charge in [-0.3, -0.25) is 0 Å². The summed E-state index contributed by atoms with van der Waals surface area (Å²) in [5.41, 5.74) is 1.80. The number of alkyl halides is 3. The zero-order valence-corrected chi connectivity index (χ0v) is 22.2. The fourth-order valence-electron chi connectivity index (χ4n) is 3.44. The van der Waals surface area contributed by atoms with Crippen molar-refractivity contribution < 1.29 is 41.0 Å². The zero-order valence-electron chi connectivity index (χ0n) is 21.4. The molecule has 39 heavy (non-hydrogen) atoms. The number of aliphatic carboxylic acids is 1. The van der Waals surface area contributed by atoms with E-state index < -0.39 is 28.2 Å². The summed E-state index contributed by atoms with van der Waals surface area (Å²) in [7, 11) is -2.23. The number of nitrogens with one attached hydrogen (secondary N) is 2. The highest BCUT2D eigenvalue weighted by Gasteiger charge is 2.38. The summed E-state index contributed by atoms with van der Waals surface area (Å²) in [5.74, 6) is -1.44. The molecular formula is C26H30F3N3O6S. The van der Waals surface area contributed by atoms with Crippen LogP contribution in [-0.4, -0.2) is 48.5 Å². The predicted molar refractivity (Wildman–Crippen MR) is 138 cm³/mol. The van der Waals surface area contributed by atoms with Gasteiger partial charge in [-0.25, -0.2) is 22.9 Å². The van der Waals surface area contributed by atoms with Crippen LogP contribution in [-0.2, 0) is 19.6 Å². The van der Waals surface area contributed by atoms with Crippen LogP contribution in [0.4, 0.5) is 13.2 Å². The molecule has 1 heterocycles. The number of hydrogen-bond donors (Lipinski definition) is 3. The Bertz CT molecular complexity index is 1310. The molecular weight excluding hydrogens is 539 g/mol. The highest BCUT2D eigenvalue weighted by atomic mass is 32.2. The molecule has 0 aliphatic heterocycles. The van der Waals surface area contributed by atoms with Gasteiger partial charge in [-0.15, -0.1) is 0 Å². The number of benzene rings is 2. The standard InChI is InChI=1S/C24H29N3O4S.C2HF3O2/c1-18(28)9-5-3-8-12-22(24-25-17-23(26-24)19-10-6-4-7-11-19)27-32(29,30)21-15-13-20(31-2)14-16-21;3-2(4,5)1(6)7/h4,6-7,10-11,13-17,22,27H,3,5,8-9,12H2,1-2H3,(H,25,26);(H,6,7)/t22-;/m0./s1. The number of carboxylic acid groups (broad SMARTS) is 1. The molecule has 3 aromatic rings. The third-order valence-corrected chi connectivity index (χ3v) is 6.93. The molecule has 0 bridgehead atoms. The Labute approximate surface area is 224 Å². The topological polar surface area (TPSA) is 138 Å². The van der Waals surface area contributed by atoms with Gasteiger partial charge in [0.05, 0.1) is 29.9 Å². The van der Waals surface area contributed by atoms with E-state index in [0.717, 1.165) is 30.5 Å². The molecule has 2 aromatic carbocycles. The number of sulfonamides is 1. The summed E-state index contributed by atoms with van der Waals surface area (Å²) >= 11 is 0. The van der Waals surface area contributed by atoms with Crippen molar-refractivity contribution in [2.75, 3.05) is 7.11 Å². The van der Waals surface area contributed by atoms with Crippen molar-refractivity contribution in [3.63, 3.8) is 0 Å². The number of aromatic amines is 1. The van der Waals surface area contributed by atoms with E-state index in [1.54, 1.807) is 25.3 Å². The van der Waals surface area contributed by atoms with Crippen molar-refractivity contribution in [2.45, 2.75) is 56.1 Å². The monoisotopic (exact) mass is 569 g/mol. The maximum atomic E-state index is 13.0. The molecule has 1 atom stereocenters. The number of carbonyl (C=O) groups excluding carboxylic acids is 1. The summed E-state index contributed by atoms with van der Waals surface area (Å²) in [6, 6.07) is 15.5. The van der Waals surface area contributed by atoms with E-state index in [2.05, 4.69) is 14.7 Å². The molecule has 9 nitrogen and oxygen atoms in total. The quantitative estimate of drug-likeness (QED) is 0.252. The number of methoxy groups -OCH3 is 1. The number of nitrogens with zero attached hydrogens (tertiary/aromatic N) is 1. The lowest BCUT2D eigenvalue weighted by Gasteiger charge is -2.17. The number of aromatic nitrogens is 2. The van der Waals surface area contributed by atoms with Crippen molar-refractivity contribution in [1.29, 1.82) is 0 Å². The molecule has 1 aromatic heterocycles. The highest BCUT2D eigenvalue weighted by Crippen LogP contribution is 2.25. The molecule has 212 valence electrons. The normalized spacial score (nSPS) is 12.2. The molecule has 0 saturated heterocycles. The number of ether oxygens (including phenoxy) is 1. The number of hydrogen-bond acceptors (Lipinski definition) is 6. The van der Waals surface area contributed by atoms with E-state index >= 15 is 0 Å². The fraction of sp³-hybridized carbons (Fsp3) is 0.346. The first-order chi connectivity index (χ1) is 18.3. The largest absolute Gasteiger partial charge is 0.497 e. The summed E-state index contributed by atoms with van der Waals surface area (Å²) in [6.07, 6.45) is 0.142. The molecule has 0 unspecified atom stereocenters. The summed E-state index contributed by atoms with van der Waals surface area (Å²) in [4.78, 5) is 28.0. The lowest BCUT2D eigenvalue weighted by molar-refractivity contribution is -0.192. The molecule has 3 rings (SSSR count). The van der Waals surface area contributed by atoms with Gasteiger partial charge in [0.25, 0.3) is 0 Å². The van der Waals surface area contributed by atoms with Crippen molar-refractivity contribution >= 4 is 21.8 Å². The molecule has 0 radical (unpaired) electrons. The average Bonchev–Trinajstić information content (AvgIpc) is 3.38. The first-order valence-corrected chi connectivity index (χ1v) is 13.4. The smallest absolute Gasteiger partial charge is 0.490 e. The Morgan fingerprint density at radius 1 is 1.05 bits per heavy atom. The molecule has 0 amide bonds. The van der Waals surface area contributed by atoms with Crippen LogP contribution in [0.15, 0.2) is 65.7 Å². The van der Waals surface area contributed by atoms with Gasteiger partial charge in [-0.2, -0.15) is 13.2 Å². The highest BCUT2D eigenvalue weighted by molar-refractivity contribution is 7.89. The average molecular weight is 570 g/mol. The van der Waals surface area contributed by atoms with Crippen LogP contribution < -0.4 is 9.46 Å². The minimum atomic E-state index is -5.08. The van der Waals surface area contributed by atoms with E-state index in [9.17, 15) is 26.4 Å². The molecule has 0 fully saturated rings. The van der Waals surface area contributed by atoms with Crippen LogP contribution in [0.5, 0.6) is 5.75 Å². The molecule has 0 spiro atoms. The third kappa shape index (κ3) is 10.5. The maximum absolute atomic E-state index is 13.0. The van der Waals surface area contributed by atoms with Gasteiger partial charge in [0.2, 0.25) is 10.0 Å². The van der Waals surface area contributed by atoms with Gasteiger partial charge in [0.15, 0.2) is 0 Å². The zero-order chi connectivity index (χ0) is 29.1. The van der Waals surface area contributed by atoms with E-state index in [1.807, 2.05) is 30.3 Å². The second-order valence-electron chi connectivity index (χ2n) is 8.50. The number of imidazole rings is 1. The van der Waals surface area contributed by atoms with Crippen molar-refractivity contribution in [3.8, 4) is 17.0 Å². The summed E-state index contributed by atoms with van der Waals surface area (Å²) in [5, 5.41) is 7.12. The number of carboxylic acids is 1.